The van der Waals surface area contributed by atoms with Gasteiger partial charge in [0.1, 0.15) is 11.6 Å². The molecule has 0 aliphatic rings. The summed E-state index contributed by atoms with van der Waals surface area (Å²) in [4.78, 5) is 11.3. The van der Waals surface area contributed by atoms with Crippen molar-refractivity contribution < 1.29 is 4.79 Å². The van der Waals surface area contributed by atoms with Gasteiger partial charge in [0.15, 0.2) is 0 Å². The smallest absolute Gasteiger partial charge is 0.261 e. The number of carbonyl (C=O) groups is 1. The van der Waals surface area contributed by atoms with Gasteiger partial charge < -0.3 is 5.32 Å². The van der Waals surface area contributed by atoms with Gasteiger partial charge in [0, 0.05) is 7.05 Å². The maximum absolute atomic E-state index is 11.3. The average molecular weight is 214 g/mol. The van der Waals surface area contributed by atoms with Crippen LogP contribution in [-0.2, 0) is 4.79 Å². The molecule has 0 spiro atoms. The second kappa shape index (κ2) is 5.13. The molecule has 0 saturated carbocycles. The molecule has 3 nitrogen and oxygen atoms in total. The monoisotopic (exact) mass is 214 g/mol. The van der Waals surface area contributed by atoms with E-state index in [9.17, 15) is 4.79 Å². The Bertz CT molecular complexity index is 481. The second-order valence-corrected chi connectivity index (χ2v) is 3.61. The first kappa shape index (κ1) is 12.0. The van der Waals surface area contributed by atoms with Gasteiger partial charge in [-0.2, -0.15) is 5.26 Å². The first-order valence-corrected chi connectivity index (χ1v) is 4.99. The Hall–Kier alpha value is -2.08. The molecule has 1 aromatic carbocycles. The molecular formula is C13H14N2O. The number of benzene rings is 1. The number of likely N-dealkylation sites (N-methyl/N-ethyl adjacent to an activating group) is 1. The van der Waals surface area contributed by atoms with Crippen LogP contribution in [0.15, 0.2) is 23.8 Å². The summed E-state index contributed by atoms with van der Waals surface area (Å²) in [5, 5.41) is 11.3. The van der Waals surface area contributed by atoms with E-state index in [1.54, 1.807) is 6.08 Å². The lowest BCUT2D eigenvalue weighted by Crippen LogP contribution is -2.19. The Morgan fingerprint density at radius 3 is 2.62 bits per heavy atom. The molecule has 1 aromatic rings. The fourth-order valence-corrected chi connectivity index (χ4v) is 1.43. The topological polar surface area (TPSA) is 52.9 Å². The zero-order valence-electron chi connectivity index (χ0n) is 9.66. The predicted octanol–water partition coefficient (Wildman–Crippen LogP) is 1.96. The summed E-state index contributed by atoms with van der Waals surface area (Å²) in [6.45, 7) is 3.96. The van der Waals surface area contributed by atoms with Gasteiger partial charge in [-0.3, -0.25) is 4.79 Å². The van der Waals surface area contributed by atoms with Crippen LogP contribution >= 0.6 is 0 Å². The van der Waals surface area contributed by atoms with Crippen LogP contribution in [0.2, 0.25) is 0 Å². The molecule has 1 N–H and O–H groups in total. The Kier molecular flexibility index (Phi) is 3.84. The molecule has 0 saturated heterocycles. The maximum Gasteiger partial charge on any atom is 0.261 e. The van der Waals surface area contributed by atoms with E-state index in [4.69, 9.17) is 5.26 Å². The largest absolute Gasteiger partial charge is 0.354 e. The van der Waals surface area contributed by atoms with Crippen molar-refractivity contribution in [1.82, 2.24) is 5.32 Å². The van der Waals surface area contributed by atoms with Gasteiger partial charge in [-0.1, -0.05) is 23.8 Å². The summed E-state index contributed by atoms with van der Waals surface area (Å²) in [5.41, 5.74) is 3.23. The third-order valence-electron chi connectivity index (χ3n) is 2.32. The molecule has 0 aliphatic carbocycles. The number of hydrogen-bond donors (Lipinski definition) is 1. The van der Waals surface area contributed by atoms with Crippen molar-refractivity contribution in [3.63, 3.8) is 0 Å². The summed E-state index contributed by atoms with van der Waals surface area (Å²) >= 11 is 0. The summed E-state index contributed by atoms with van der Waals surface area (Å²) in [6, 6.07) is 7.77. The van der Waals surface area contributed by atoms with Crippen LogP contribution in [0.5, 0.6) is 0 Å². The van der Waals surface area contributed by atoms with Crippen molar-refractivity contribution in [2.24, 2.45) is 0 Å². The van der Waals surface area contributed by atoms with Crippen molar-refractivity contribution in [2.75, 3.05) is 7.05 Å². The van der Waals surface area contributed by atoms with Gasteiger partial charge in [0.05, 0.1) is 0 Å². The van der Waals surface area contributed by atoms with E-state index in [1.807, 2.05) is 38.1 Å². The first-order valence-electron chi connectivity index (χ1n) is 4.99. The fourth-order valence-electron chi connectivity index (χ4n) is 1.43. The highest BCUT2D eigenvalue weighted by Gasteiger charge is 2.06. The molecule has 0 aliphatic heterocycles. The van der Waals surface area contributed by atoms with Crippen LogP contribution < -0.4 is 5.32 Å². The van der Waals surface area contributed by atoms with E-state index in [0.717, 1.165) is 16.7 Å². The van der Waals surface area contributed by atoms with Crippen LogP contribution in [0.3, 0.4) is 0 Å². The Labute approximate surface area is 95.4 Å². The number of aryl methyl sites for hydroxylation is 2. The third kappa shape index (κ3) is 2.71. The van der Waals surface area contributed by atoms with E-state index >= 15 is 0 Å². The van der Waals surface area contributed by atoms with Crippen LogP contribution in [0.4, 0.5) is 0 Å². The minimum atomic E-state index is -0.359. The molecule has 0 unspecified atom stereocenters. The van der Waals surface area contributed by atoms with Gasteiger partial charge in [-0.25, -0.2) is 0 Å². The average Bonchev–Trinajstić information content (AvgIpc) is 2.27. The number of hydrogen-bond acceptors (Lipinski definition) is 2. The second-order valence-electron chi connectivity index (χ2n) is 3.61. The van der Waals surface area contributed by atoms with Crippen LogP contribution in [0.1, 0.15) is 16.7 Å². The van der Waals surface area contributed by atoms with Crippen molar-refractivity contribution in [1.29, 1.82) is 5.26 Å². The molecule has 1 amide bonds. The zero-order valence-corrected chi connectivity index (χ0v) is 9.66. The lowest BCUT2D eigenvalue weighted by atomic mass is 10.0. The van der Waals surface area contributed by atoms with Crippen molar-refractivity contribution in [2.45, 2.75) is 13.8 Å². The number of nitrogens with zero attached hydrogens (tertiary/aromatic N) is 1. The number of nitriles is 1. The lowest BCUT2D eigenvalue weighted by molar-refractivity contribution is -0.116. The zero-order chi connectivity index (χ0) is 12.1. The van der Waals surface area contributed by atoms with Crippen LogP contribution in [0.25, 0.3) is 6.08 Å². The van der Waals surface area contributed by atoms with Crippen molar-refractivity contribution in [3.05, 3.63) is 40.5 Å². The molecule has 82 valence electrons. The molecule has 0 fully saturated rings. The summed E-state index contributed by atoms with van der Waals surface area (Å²) in [5.74, 6) is -0.359. The summed E-state index contributed by atoms with van der Waals surface area (Å²) < 4.78 is 0. The summed E-state index contributed by atoms with van der Waals surface area (Å²) in [7, 11) is 1.51. The van der Waals surface area contributed by atoms with Gasteiger partial charge in [-0.15, -0.1) is 0 Å². The molecule has 16 heavy (non-hydrogen) atoms. The molecule has 0 radical (unpaired) electrons. The highest BCUT2D eigenvalue weighted by atomic mass is 16.1. The van der Waals surface area contributed by atoms with Crippen molar-refractivity contribution >= 4 is 12.0 Å². The molecule has 0 atom stereocenters. The van der Waals surface area contributed by atoms with Crippen LogP contribution in [0, 0.1) is 25.2 Å². The quantitative estimate of drug-likeness (QED) is 0.604. The van der Waals surface area contributed by atoms with Gasteiger partial charge >= 0.3 is 0 Å². The number of nitrogens with one attached hydrogen (secondary N) is 1. The number of carbonyl (C=O) groups excluding carboxylic acids is 1. The Balaban J connectivity index is 3.15. The normalized spacial score (nSPS) is 10.8. The standard InChI is InChI=1S/C13H14N2O/c1-9-4-5-11(10(2)6-9)7-12(8-14)13(16)15-3/h4-7H,1-3H3,(H,15,16)/b12-7+. The molecular weight excluding hydrogens is 200 g/mol. The lowest BCUT2D eigenvalue weighted by Gasteiger charge is -2.03. The molecule has 0 aromatic heterocycles. The first-order chi connectivity index (χ1) is 7.58. The highest BCUT2D eigenvalue weighted by molar-refractivity contribution is 6.01. The Morgan fingerprint density at radius 1 is 1.44 bits per heavy atom. The van der Waals surface area contributed by atoms with E-state index in [0.29, 0.717) is 0 Å². The molecule has 0 bridgehead atoms. The molecule has 3 heteroatoms. The van der Waals surface area contributed by atoms with E-state index in [2.05, 4.69) is 5.32 Å². The maximum atomic E-state index is 11.3. The molecule has 1 rings (SSSR count). The SMILES string of the molecule is CNC(=O)/C(C#N)=C/c1ccc(C)cc1C. The van der Waals surface area contributed by atoms with Crippen molar-refractivity contribution in [3.8, 4) is 6.07 Å². The number of rotatable bonds is 2. The third-order valence-corrected chi connectivity index (χ3v) is 2.32. The minimum Gasteiger partial charge on any atom is -0.354 e. The number of amides is 1. The summed E-state index contributed by atoms with van der Waals surface area (Å²) in [6.07, 6.45) is 1.60. The molecule has 0 heterocycles. The van der Waals surface area contributed by atoms with E-state index in [1.165, 1.54) is 7.05 Å². The Morgan fingerprint density at radius 2 is 2.12 bits per heavy atom. The van der Waals surface area contributed by atoms with Gasteiger partial charge in [0.2, 0.25) is 0 Å². The van der Waals surface area contributed by atoms with Gasteiger partial charge in [0.25, 0.3) is 5.91 Å². The van der Waals surface area contributed by atoms with E-state index < -0.39 is 0 Å². The van der Waals surface area contributed by atoms with E-state index in [-0.39, 0.29) is 11.5 Å². The van der Waals surface area contributed by atoms with Gasteiger partial charge in [-0.05, 0) is 31.1 Å². The predicted molar refractivity (Wildman–Crippen MR) is 63.6 cm³/mol. The minimum absolute atomic E-state index is 0.120. The fraction of sp³-hybridized carbons (Fsp3) is 0.231. The highest BCUT2D eigenvalue weighted by Crippen LogP contribution is 2.14. The van der Waals surface area contributed by atoms with Crippen LogP contribution in [-0.4, -0.2) is 13.0 Å².